The number of aromatic nitrogens is 1. The Labute approximate surface area is 210 Å². The first kappa shape index (κ1) is 22.8. The summed E-state index contributed by atoms with van der Waals surface area (Å²) in [5.41, 5.74) is 3.02. The second-order valence-corrected chi connectivity index (χ2v) is 11.2. The average Bonchev–Trinajstić information content (AvgIpc) is 3.47. The minimum atomic E-state index is -3.94. The van der Waals surface area contributed by atoms with Gasteiger partial charge in [0.1, 0.15) is 5.54 Å². The second-order valence-electron chi connectivity index (χ2n) is 9.42. The first-order chi connectivity index (χ1) is 17.4. The van der Waals surface area contributed by atoms with Gasteiger partial charge in [-0.15, -0.1) is 0 Å². The Bertz CT molecular complexity index is 1620. The van der Waals surface area contributed by atoms with Crippen LogP contribution in [0.15, 0.2) is 95.9 Å². The van der Waals surface area contributed by atoms with Crippen LogP contribution in [0.4, 0.5) is 0 Å². The van der Waals surface area contributed by atoms with Crippen molar-refractivity contribution >= 4 is 26.9 Å². The largest absolute Gasteiger partial charge is 0.467 e. The molecule has 0 fully saturated rings. The lowest BCUT2D eigenvalue weighted by atomic mass is 9.80. The number of hydrogen-bond acceptors (Lipinski definition) is 5. The van der Waals surface area contributed by atoms with Gasteiger partial charge in [0, 0.05) is 18.4 Å². The zero-order valence-corrected chi connectivity index (χ0v) is 20.9. The van der Waals surface area contributed by atoms with Crippen LogP contribution in [-0.2, 0) is 26.0 Å². The molecule has 182 valence electrons. The zero-order valence-electron chi connectivity index (χ0n) is 20.1. The van der Waals surface area contributed by atoms with Crippen LogP contribution in [0.1, 0.15) is 28.4 Å². The maximum Gasteiger partial charge on any atom is 0.330 e. The Hall–Kier alpha value is -3.68. The molecule has 0 N–H and O–H groups in total. The average molecular weight is 499 g/mol. The van der Waals surface area contributed by atoms with Crippen molar-refractivity contribution < 1.29 is 17.9 Å². The van der Waals surface area contributed by atoms with Crippen LogP contribution in [0.25, 0.3) is 10.9 Å². The molecular formula is C29H26N2O4S. The van der Waals surface area contributed by atoms with Crippen molar-refractivity contribution in [2.24, 2.45) is 0 Å². The number of methoxy groups -OCH3 is 1. The highest BCUT2D eigenvalue weighted by atomic mass is 32.2. The third-order valence-corrected chi connectivity index (χ3v) is 9.16. The number of fused-ring (bicyclic) bond motifs is 4. The summed E-state index contributed by atoms with van der Waals surface area (Å²) in [5.74, 6) is -0.346. The second kappa shape index (κ2) is 8.18. The van der Waals surface area contributed by atoms with Gasteiger partial charge in [0.15, 0.2) is 0 Å². The highest BCUT2D eigenvalue weighted by Gasteiger charge is 2.54. The highest BCUT2D eigenvalue weighted by molar-refractivity contribution is 7.90. The number of aryl methyl sites for hydroxylation is 1. The van der Waals surface area contributed by atoms with E-state index in [0.29, 0.717) is 24.2 Å². The number of carbonyl (C=O) groups excluding carboxylic acids is 1. The van der Waals surface area contributed by atoms with E-state index >= 15 is 0 Å². The first-order valence-corrected chi connectivity index (χ1v) is 13.3. The van der Waals surface area contributed by atoms with Crippen molar-refractivity contribution in [2.45, 2.75) is 29.8 Å². The van der Waals surface area contributed by atoms with Gasteiger partial charge in [-0.05, 0) is 36.2 Å². The molecule has 2 aliphatic heterocycles. The molecular weight excluding hydrogens is 472 g/mol. The smallest absolute Gasteiger partial charge is 0.330 e. The third-order valence-electron chi connectivity index (χ3n) is 7.41. The molecule has 4 aromatic rings. The summed E-state index contributed by atoms with van der Waals surface area (Å²) in [6, 6.07) is 23.8. The van der Waals surface area contributed by atoms with Gasteiger partial charge in [-0.25, -0.2) is 17.2 Å². The molecule has 2 aliphatic rings. The fourth-order valence-corrected chi connectivity index (χ4v) is 7.35. The Morgan fingerprint density at radius 1 is 0.972 bits per heavy atom. The molecule has 0 radical (unpaired) electrons. The fraction of sp³-hybridized carbons (Fsp3) is 0.207. The van der Waals surface area contributed by atoms with Gasteiger partial charge in [0.05, 0.1) is 29.3 Å². The number of esters is 1. The summed E-state index contributed by atoms with van der Waals surface area (Å²) in [7, 11) is -2.54. The molecule has 0 spiro atoms. The van der Waals surface area contributed by atoms with Crippen molar-refractivity contribution in [2.75, 3.05) is 13.7 Å². The van der Waals surface area contributed by atoms with E-state index in [-0.39, 0.29) is 10.9 Å². The molecule has 0 unspecified atom stereocenters. The summed E-state index contributed by atoms with van der Waals surface area (Å²) in [6.45, 7) is 2.43. The number of nitrogens with zero attached hydrogens (tertiary/aromatic N) is 2. The fourth-order valence-electron chi connectivity index (χ4n) is 5.77. The first-order valence-electron chi connectivity index (χ1n) is 11.9. The van der Waals surface area contributed by atoms with Crippen LogP contribution >= 0.6 is 0 Å². The Morgan fingerprint density at radius 2 is 1.67 bits per heavy atom. The molecule has 3 heterocycles. The van der Waals surface area contributed by atoms with E-state index in [2.05, 4.69) is 4.90 Å². The van der Waals surface area contributed by atoms with Crippen LogP contribution in [-0.4, -0.2) is 42.5 Å². The van der Waals surface area contributed by atoms with Gasteiger partial charge in [-0.1, -0.05) is 78.4 Å². The summed E-state index contributed by atoms with van der Waals surface area (Å²) < 4.78 is 35.3. The molecule has 0 bridgehead atoms. The van der Waals surface area contributed by atoms with E-state index in [9.17, 15) is 13.2 Å². The van der Waals surface area contributed by atoms with Gasteiger partial charge in [0.2, 0.25) is 0 Å². The van der Waals surface area contributed by atoms with Gasteiger partial charge < -0.3 is 4.74 Å². The molecule has 6 nitrogen and oxygen atoms in total. The molecule has 3 aromatic carbocycles. The van der Waals surface area contributed by atoms with Gasteiger partial charge >= 0.3 is 5.97 Å². The molecule has 2 atom stereocenters. The number of benzene rings is 3. The molecule has 0 saturated heterocycles. The van der Waals surface area contributed by atoms with Gasteiger partial charge in [-0.2, -0.15) is 0 Å². The van der Waals surface area contributed by atoms with Crippen LogP contribution in [0, 0.1) is 6.92 Å². The number of hydrogen-bond donors (Lipinski definition) is 0. The van der Waals surface area contributed by atoms with Crippen LogP contribution in [0.5, 0.6) is 0 Å². The molecule has 7 heteroatoms. The summed E-state index contributed by atoms with van der Waals surface area (Å²) >= 11 is 0. The van der Waals surface area contributed by atoms with Crippen LogP contribution in [0.3, 0.4) is 0 Å². The van der Waals surface area contributed by atoms with Gasteiger partial charge in [-0.3, -0.25) is 4.90 Å². The Kier molecular flexibility index (Phi) is 5.17. The monoisotopic (exact) mass is 498 g/mol. The molecule has 0 amide bonds. The number of rotatable bonds is 4. The number of para-hydroxylation sites is 1. The summed E-state index contributed by atoms with van der Waals surface area (Å²) in [5, 5.41) is 0.826. The normalized spacial score (nSPS) is 21.3. The minimum absolute atomic E-state index is 0.229. The predicted molar refractivity (Wildman–Crippen MR) is 138 cm³/mol. The third kappa shape index (κ3) is 3.13. The van der Waals surface area contributed by atoms with E-state index in [4.69, 9.17) is 4.74 Å². The lowest BCUT2D eigenvalue weighted by Crippen LogP contribution is -2.57. The lowest BCUT2D eigenvalue weighted by Gasteiger charge is -2.45. The standard InChI is InChI=1S/C29H26N2O4S/c1-20-13-15-22(16-14-20)36(33,34)31-25-12-7-6-11-23(25)24-19-29(28(32)35-2)17-8-18-30(29)26(27(24)31)21-9-4-3-5-10-21/h3-17,26H,18-19H2,1-2H3/t26-,29-/m1/s1. The molecule has 36 heavy (non-hydrogen) atoms. The van der Waals surface area contributed by atoms with E-state index in [1.807, 2.05) is 85.8 Å². The van der Waals surface area contributed by atoms with Gasteiger partial charge in [0.25, 0.3) is 10.0 Å². The van der Waals surface area contributed by atoms with Crippen molar-refractivity contribution in [3.63, 3.8) is 0 Å². The predicted octanol–water partition coefficient (Wildman–Crippen LogP) is 4.62. The summed E-state index contributed by atoms with van der Waals surface area (Å²) in [4.78, 5) is 15.6. The van der Waals surface area contributed by atoms with Crippen molar-refractivity contribution in [3.8, 4) is 0 Å². The highest BCUT2D eigenvalue weighted by Crippen LogP contribution is 2.49. The Balaban J connectivity index is 1.72. The quantitative estimate of drug-likeness (QED) is 0.304. The van der Waals surface area contributed by atoms with Crippen molar-refractivity contribution in [1.29, 1.82) is 0 Å². The zero-order chi connectivity index (χ0) is 25.1. The van der Waals surface area contributed by atoms with Crippen molar-refractivity contribution in [1.82, 2.24) is 8.87 Å². The number of carbonyl (C=O) groups is 1. The topological polar surface area (TPSA) is 68.6 Å². The SMILES string of the molecule is COC(=O)[C@]12C=CCN1[C@H](c1ccccc1)c1c(c3ccccc3n1S(=O)(=O)c1ccc(C)cc1)C2. The molecule has 1 aromatic heterocycles. The maximum atomic E-state index is 14.3. The van der Waals surface area contributed by atoms with E-state index < -0.39 is 21.6 Å². The molecule has 6 rings (SSSR count). The molecule has 0 aliphatic carbocycles. The maximum absolute atomic E-state index is 14.3. The van der Waals surface area contributed by atoms with E-state index in [1.54, 1.807) is 12.1 Å². The number of ether oxygens (including phenoxy) is 1. The molecule has 0 saturated carbocycles. The van der Waals surface area contributed by atoms with Crippen LogP contribution in [0.2, 0.25) is 0 Å². The van der Waals surface area contributed by atoms with Crippen molar-refractivity contribution in [3.05, 3.63) is 113 Å². The lowest BCUT2D eigenvalue weighted by molar-refractivity contribution is -0.152. The van der Waals surface area contributed by atoms with E-state index in [1.165, 1.54) is 11.1 Å². The summed E-state index contributed by atoms with van der Waals surface area (Å²) in [6.07, 6.45) is 4.21. The van der Waals surface area contributed by atoms with Crippen LogP contribution < -0.4 is 0 Å². The minimum Gasteiger partial charge on any atom is -0.467 e. The Morgan fingerprint density at radius 3 is 2.39 bits per heavy atom. The van der Waals surface area contributed by atoms with E-state index in [0.717, 1.165) is 22.1 Å².